The standard InChI is InChI=1S/C14H11FN2S/c1-9-7-10(2)17-14(13(9)8-16)18-12-5-3-11(15)4-6-12/h3-7H,1-2H3. The maximum absolute atomic E-state index is 12.8. The topological polar surface area (TPSA) is 36.7 Å². The average Bonchev–Trinajstić information content (AvgIpc) is 2.32. The summed E-state index contributed by atoms with van der Waals surface area (Å²) >= 11 is 1.38. The van der Waals surface area contributed by atoms with E-state index in [1.165, 1.54) is 23.9 Å². The molecule has 0 amide bonds. The summed E-state index contributed by atoms with van der Waals surface area (Å²) < 4.78 is 12.8. The maximum Gasteiger partial charge on any atom is 0.123 e. The van der Waals surface area contributed by atoms with E-state index in [1.807, 2.05) is 19.9 Å². The smallest absolute Gasteiger partial charge is 0.123 e. The molecular formula is C14H11FN2S. The largest absolute Gasteiger partial charge is 0.245 e. The number of hydrogen-bond donors (Lipinski definition) is 0. The molecule has 2 rings (SSSR count). The van der Waals surface area contributed by atoms with Crippen molar-refractivity contribution in [2.24, 2.45) is 0 Å². The van der Waals surface area contributed by atoms with Gasteiger partial charge in [-0.15, -0.1) is 0 Å². The molecule has 4 heteroatoms. The van der Waals surface area contributed by atoms with Crippen molar-refractivity contribution in [1.82, 2.24) is 4.98 Å². The van der Waals surface area contributed by atoms with E-state index in [-0.39, 0.29) is 5.82 Å². The molecule has 18 heavy (non-hydrogen) atoms. The summed E-state index contributed by atoms with van der Waals surface area (Å²) in [6.45, 7) is 3.78. The van der Waals surface area contributed by atoms with Crippen LogP contribution in [0.25, 0.3) is 0 Å². The van der Waals surface area contributed by atoms with Crippen LogP contribution in [0.4, 0.5) is 4.39 Å². The van der Waals surface area contributed by atoms with Gasteiger partial charge in [0.15, 0.2) is 0 Å². The molecule has 2 aromatic rings. The molecule has 0 spiro atoms. The van der Waals surface area contributed by atoms with Crippen LogP contribution in [0.5, 0.6) is 0 Å². The number of rotatable bonds is 2. The van der Waals surface area contributed by atoms with E-state index >= 15 is 0 Å². The highest BCUT2D eigenvalue weighted by Crippen LogP contribution is 2.30. The average molecular weight is 258 g/mol. The van der Waals surface area contributed by atoms with Gasteiger partial charge < -0.3 is 0 Å². The van der Waals surface area contributed by atoms with Crippen LogP contribution in [0.1, 0.15) is 16.8 Å². The summed E-state index contributed by atoms with van der Waals surface area (Å²) in [5, 5.41) is 9.82. The fourth-order valence-corrected chi connectivity index (χ4v) is 2.62. The Morgan fingerprint density at radius 2 is 1.89 bits per heavy atom. The molecule has 0 N–H and O–H groups in total. The first kappa shape index (κ1) is 12.6. The summed E-state index contributed by atoms with van der Waals surface area (Å²) in [4.78, 5) is 5.24. The van der Waals surface area contributed by atoms with Gasteiger partial charge in [-0.25, -0.2) is 9.37 Å². The normalized spacial score (nSPS) is 10.1. The summed E-state index contributed by atoms with van der Waals surface area (Å²) in [5.41, 5.74) is 2.36. The second kappa shape index (κ2) is 5.19. The molecule has 0 aliphatic heterocycles. The molecule has 1 heterocycles. The number of aromatic nitrogens is 1. The molecule has 0 aliphatic carbocycles. The number of pyridine rings is 1. The van der Waals surface area contributed by atoms with E-state index in [9.17, 15) is 4.39 Å². The van der Waals surface area contributed by atoms with Crippen molar-refractivity contribution in [2.45, 2.75) is 23.8 Å². The predicted octanol–water partition coefficient (Wildman–Crippen LogP) is 3.86. The third-order valence-electron chi connectivity index (χ3n) is 2.45. The Labute approximate surface area is 109 Å². The van der Waals surface area contributed by atoms with Crippen LogP contribution >= 0.6 is 11.8 Å². The molecular weight excluding hydrogens is 247 g/mol. The van der Waals surface area contributed by atoms with Gasteiger partial charge in [0.1, 0.15) is 16.9 Å². The Balaban J connectivity index is 2.40. The van der Waals surface area contributed by atoms with Crippen LogP contribution in [0.3, 0.4) is 0 Å². The van der Waals surface area contributed by atoms with Crippen LogP contribution < -0.4 is 0 Å². The van der Waals surface area contributed by atoms with Gasteiger partial charge >= 0.3 is 0 Å². The second-order valence-corrected chi connectivity index (χ2v) is 4.99. The molecule has 0 fully saturated rings. The molecule has 0 radical (unpaired) electrons. The van der Waals surface area contributed by atoms with Gasteiger partial charge in [0, 0.05) is 10.6 Å². The minimum Gasteiger partial charge on any atom is -0.245 e. The first-order valence-electron chi connectivity index (χ1n) is 5.42. The number of hydrogen-bond acceptors (Lipinski definition) is 3. The molecule has 90 valence electrons. The predicted molar refractivity (Wildman–Crippen MR) is 68.9 cm³/mol. The molecule has 0 saturated heterocycles. The fraction of sp³-hybridized carbons (Fsp3) is 0.143. The molecule has 1 aromatic heterocycles. The minimum absolute atomic E-state index is 0.270. The highest BCUT2D eigenvalue weighted by Gasteiger charge is 2.10. The molecule has 0 bridgehead atoms. The Kier molecular flexibility index (Phi) is 3.63. The molecule has 0 unspecified atom stereocenters. The molecule has 2 nitrogen and oxygen atoms in total. The quantitative estimate of drug-likeness (QED) is 0.820. The molecule has 1 aromatic carbocycles. The Bertz CT molecular complexity index is 615. The Hall–Kier alpha value is -1.86. The maximum atomic E-state index is 12.8. The van der Waals surface area contributed by atoms with Crippen molar-refractivity contribution >= 4 is 11.8 Å². The Morgan fingerprint density at radius 3 is 2.50 bits per heavy atom. The van der Waals surface area contributed by atoms with Crippen LogP contribution in [-0.4, -0.2) is 4.98 Å². The monoisotopic (exact) mass is 258 g/mol. The highest BCUT2D eigenvalue weighted by molar-refractivity contribution is 7.99. The van der Waals surface area contributed by atoms with E-state index in [0.29, 0.717) is 10.6 Å². The van der Waals surface area contributed by atoms with Crippen LogP contribution in [0.15, 0.2) is 40.3 Å². The van der Waals surface area contributed by atoms with Gasteiger partial charge in [0.05, 0.1) is 5.56 Å². The molecule has 0 atom stereocenters. The second-order valence-electron chi connectivity index (χ2n) is 3.93. The number of benzene rings is 1. The first-order chi connectivity index (χ1) is 8.60. The fourth-order valence-electron chi connectivity index (χ4n) is 1.63. The lowest BCUT2D eigenvalue weighted by Crippen LogP contribution is -1.94. The lowest BCUT2D eigenvalue weighted by molar-refractivity contribution is 0.626. The highest BCUT2D eigenvalue weighted by atomic mass is 32.2. The van der Waals surface area contributed by atoms with E-state index in [4.69, 9.17) is 5.26 Å². The van der Waals surface area contributed by atoms with E-state index in [1.54, 1.807) is 12.1 Å². The zero-order valence-corrected chi connectivity index (χ0v) is 10.9. The molecule has 0 aliphatic rings. The zero-order valence-electron chi connectivity index (χ0n) is 10.1. The van der Waals surface area contributed by atoms with Gasteiger partial charge in [-0.05, 0) is 49.7 Å². The van der Waals surface area contributed by atoms with E-state index in [2.05, 4.69) is 11.1 Å². The van der Waals surface area contributed by atoms with E-state index in [0.717, 1.165) is 16.2 Å². The van der Waals surface area contributed by atoms with Crippen LogP contribution in [0, 0.1) is 31.0 Å². The number of halogens is 1. The number of aryl methyl sites for hydroxylation is 2. The summed E-state index contributed by atoms with van der Waals surface area (Å²) in [7, 11) is 0. The summed E-state index contributed by atoms with van der Waals surface area (Å²) in [6.07, 6.45) is 0. The summed E-state index contributed by atoms with van der Waals surface area (Å²) in [6, 6.07) is 10.2. The van der Waals surface area contributed by atoms with Crippen LogP contribution in [-0.2, 0) is 0 Å². The van der Waals surface area contributed by atoms with Crippen molar-refractivity contribution in [2.75, 3.05) is 0 Å². The van der Waals surface area contributed by atoms with Crippen molar-refractivity contribution in [3.63, 3.8) is 0 Å². The third kappa shape index (κ3) is 2.69. The SMILES string of the molecule is Cc1cc(C)c(C#N)c(Sc2ccc(F)cc2)n1. The van der Waals surface area contributed by atoms with Crippen molar-refractivity contribution < 1.29 is 4.39 Å². The molecule has 0 saturated carbocycles. The van der Waals surface area contributed by atoms with Gasteiger partial charge in [-0.3, -0.25) is 0 Å². The lowest BCUT2D eigenvalue weighted by Gasteiger charge is -2.07. The van der Waals surface area contributed by atoms with E-state index < -0.39 is 0 Å². The van der Waals surface area contributed by atoms with Crippen molar-refractivity contribution in [3.05, 3.63) is 53.0 Å². The Morgan fingerprint density at radius 1 is 1.22 bits per heavy atom. The van der Waals surface area contributed by atoms with Gasteiger partial charge in [0.2, 0.25) is 0 Å². The van der Waals surface area contributed by atoms with Crippen molar-refractivity contribution in [1.29, 1.82) is 5.26 Å². The zero-order chi connectivity index (χ0) is 13.1. The summed E-state index contributed by atoms with van der Waals surface area (Å²) in [5.74, 6) is -0.270. The van der Waals surface area contributed by atoms with Gasteiger partial charge in [-0.2, -0.15) is 5.26 Å². The third-order valence-corrected chi connectivity index (χ3v) is 3.45. The van der Waals surface area contributed by atoms with Gasteiger partial charge in [-0.1, -0.05) is 11.8 Å². The number of nitrogens with zero attached hydrogens (tertiary/aromatic N) is 2. The van der Waals surface area contributed by atoms with Gasteiger partial charge in [0.25, 0.3) is 0 Å². The minimum atomic E-state index is -0.270. The van der Waals surface area contributed by atoms with Crippen molar-refractivity contribution in [3.8, 4) is 6.07 Å². The lowest BCUT2D eigenvalue weighted by atomic mass is 10.1. The number of nitriles is 1. The first-order valence-corrected chi connectivity index (χ1v) is 6.23. The van der Waals surface area contributed by atoms with Crippen LogP contribution in [0.2, 0.25) is 0 Å².